The molecule has 2 heterocycles. The summed E-state index contributed by atoms with van der Waals surface area (Å²) >= 11 is 0. The SMILES string of the molecule is Cc1occc1C(=O)N1CCC(S(C)(=O)=NC(=O)C2CCC2c2ccc(F)cc2)CC1. The molecule has 1 aromatic carbocycles. The summed E-state index contributed by atoms with van der Waals surface area (Å²) in [6.07, 6.45) is 5.69. The van der Waals surface area contributed by atoms with Crippen LogP contribution in [0, 0.1) is 18.7 Å². The van der Waals surface area contributed by atoms with Crippen molar-refractivity contribution in [3.8, 4) is 0 Å². The highest BCUT2D eigenvalue weighted by Gasteiger charge is 2.39. The van der Waals surface area contributed by atoms with Gasteiger partial charge in [-0.1, -0.05) is 12.1 Å². The standard InChI is InChI=1S/C23H27FN2O4S/c1-15-19(11-14-30-15)23(28)26-12-9-18(10-13-26)31(2,29)25-22(27)21-8-7-20(21)16-3-5-17(24)6-4-16/h3-6,11,14,18,20-21H,7-10,12-13H2,1-2H3. The molecule has 3 unspecified atom stereocenters. The average Bonchev–Trinajstić information content (AvgIpc) is 3.14. The number of aryl methyl sites for hydroxylation is 1. The van der Waals surface area contributed by atoms with Crippen molar-refractivity contribution in [3.05, 3.63) is 59.3 Å². The van der Waals surface area contributed by atoms with Gasteiger partial charge in [-0.05, 0) is 62.3 Å². The van der Waals surface area contributed by atoms with Gasteiger partial charge < -0.3 is 9.32 Å². The summed E-state index contributed by atoms with van der Waals surface area (Å²) in [5.74, 6) is -0.414. The van der Waals surface area contributed by atoms with Gasteiger partial charge in [-0.3, -0.25) is 9.59 Å². The smallest absolute Gasteiger partial charge is 0.257 e. The Bertz CT molecular complexity index is 1090. The van der Waals surface area contributed by atoms with E-state index in [4.69, 9.17) is 4.42 Å². The molecule has 0 spiro atoms. The van der Waals surface area contributed by atoms with Gasteiger partial charge in [0, 0.05) is 30.5 Å². The molecule has 6 nitrogen and oxygen atoms in total. The van der Waals surface area contributed by atoms with Crippen molar-refractivity contribution in [2.24, 2.45) is 10.3 Å². The van der Waals surface area contributed by atoms with Crippen molar-refractivity contribution >= 4 is 21.5 Å². The monoisotopic (exact) mass is 446 g/mol. The lowest BCUT2D eigenvalue weighted by atomic mass is 9.70. The molecule has 8 heteroatoms. The third-order valence-electron chi connectivity index (χ3n) is 6.60. The summed E-state index contributed by atoms with van der Waals surface area (Å²) in [6.45, 7) is 2.71. The molecule has 166 valence electrons. The maximum Gasteiger partial charge on any atom is 0.257 e. The predicted molar refractivity (Wildman–Crippen MR) is 116 cm³/mol. The number of hydrogen-bond donors (Lipinski definition) is 0. The van der Waals surface area contributed by atoms with E-state index in [1.807, 2.05) is 0 Å². The number of piperidine rings is 1. The van der Waals surface area contributed by atoms with E-state index in [2.05, 4.69) is 4.36 Å². The molecule has 0 N–H and O–H groups in total. The van der Waals surface area contributed by atoms with Crippen LogP contribution in [-0.2, 0) is 14.5 Å². The van der Waals surface area contributed by atoms with Gasteiger partial charge in [-0.25, -0.2) is 8.60 Å². The third kappa shape index (κ3) is 4.44. The summed E-state index contributed by atoms with van der Waals surface area (Å²) in [5.41, 5.74) is 1.47. The number of amides is 2. The summed E-state index contributed by atoms with van der Waals surface area (Å²) in [6, 6.07) is 7.87. The first kappa shape index (κ1) is 21.7. The second-order valence-electron chi connectivity index (χ2n) is 8.51. The molecule has 2 fully saturated rings. The maximum atomic E-state index is 13.3. The van der Waals surface area contributed by atoms with Gasteiger partial charge in [0.25, 0.3) is 11.8 Å². The first-order chi connectivity index (χ1) is 14.8. The molecule has 2 aliphatic rings. The van der Waals surface area contributed by atoms with Gasteiger partial charge in [-0.15, -0.1) is 0 Å². The molecular formula is C23H27FN2O4S. The van der Waals surface area contributed by atoms with Crippen LogP contribution < -0.4 is 0 Å². The van der Waals surface area contributed by atoms with E-state index in [0.717, 1.165) is 12.0 Å². The van der Waals surface area contributed by atoms with E-state index in [0.29, 0.717) is 43.7 Å². The van der Waals surface area contributed by atoms with E-state index in [1.54, 1.807) is 36.3 Å². The molecule has 1 aliphatic heterocycles. The topological polar surface area (TPSA) is 80.0 Å². The molecular weight excluding hydrogens is 419 g/mol. The molecule has 4 rings (SSSR count). The molecule has 2 amide bonds. The van der Waals surface area contributed by atoms with Gasteiger partial charge in [0.2, 0.25) is 0 Å². The van der Waals surface area contributed by atoms with Crippen molar-refractivity contribution in [3.63, 3.8) is 0 Å². The fourth-order valence-electron chi connectivity index (χ4n) is 4.50. The highest BCUT2D eigenvalue weighted by atomic mass is 32.2. The Balaban J connectivity index is 1.40. The van der Waals surface area contributed by atoms with Crippen LogP contribution in [0.25, 0.3) is 0 Å². The van der Waals surface area contributed by atoms with Crippen molar-refractivity contribution in [1.29, 1.82) is 0 Å². The zero-order chi connectivity index (χ0) is 22.2. The van der Waals surface area contributed by atoms with Crippen molar-refractivity contribution in [2.75, 3.05) is 19.3 Å². The van der Waals surface area contributed by atoms with Crippen molar-refractivity contribution in [1.82, 2.24) is 4.90 Å². The molecule has 0 bridgehead atoms. The molecule has 1 aromatic heterocycles. The lowest BCUT2D eigenvalue weighted by Crippen LogP contribution is -2.42. The molecule has 0 radical (unpaired) electrons. The largest absolute Gasteiger partial charge is 0.469 e. The number of carbonyl (C=O) groups excluding carboxylic acids is 2. The Labute approximate surface area is 182 Å². The minimum absolute atomic E-state index is 0.00437. The van der Waals surface area contributed by atoms with Gasteiger partial charge in [-0.2, -0.15) is 4.36 Å². The van der Waals surface area contributed by atoms with Gasteiger partial charge >= 0.3 is 0 Å². The van der Waals surface area contributed by atoms with E-state index < -0.39 is 9.73 Å². The van der Waals surface area contributed by atoms with Gasteiger partial charge in [0.15, 0.2) is 0 Å². The number of rotatable bonds is 4. The Kier molecular flexibility index (Phi) is 6.01. The van der Waals surface area contributed by atoms with Crippen LogP contribution in [0.3, 0.4) is 0 Å². The zero-order valence-electron chi connectivity index (χ0n) is 17.8. The Morgan fingerprint density at radius 2 is 1.77 bits per heavy atom. The number of nitrogens with zero attached hydrogens (tertiary/aromatic N) is 2. The van der Waals surface area contributed by atoms with Crippen LogP contribution in [0.4, 0.5) is 4.39 Å². The van der Waals surface area contributed by atoms with Crippen LogP contribution in [0.2, 0.25) is 0 Å². The van der Waals surface area contributed by atoms with E-state index >= 15 is 0 Å². The summed E-state index contributed by atoms with van der Waals surface area (Å²) in [7, 11) is -2.72. The molecule has 31 heavy (non-hydrogen) atoms. The number of benzene rings is 1. The van der Waals surface area contributed by atoms with Crippen LogP contribution in [-0.4, -0.2) is 45.5 Å². The Morgan fingerprint density at radius 1 is 1.10 bits per heavy atom. The molecule has 3 atom stereocenters. The lowest BCUT2D eigenvalue weighted by molar-refractivity contribution is -0.124. The first-order valence-electron chi connectivity index (χ1n) is 10.6. The maximum absolute atomic E-state index is 13.3. The summed E-state index contributed by atoms with van der Waals surface area (Å²) < 4.78 is 35.9. The van der Waals surface area contributed by atoms with Gasteiger partial charge in [0.1, 0.15) is 11.6 Å². The minimum Gasteiger partial charge on any atom is -0.469 e. The molecule has 1 saturated heterocycles. The number of halogens is 1. The van der Waals surface area contributed by atoms with E-state index in [-0.39, 0.29) is 34.7 Å². The highest BCUT2D eigenvalue weighted by molar-refractivity contribution is 7.93. The second-order valence-corrected chi connectivity index (χ2v) is 11.1. The predicted octanol–water partition coefficient (Wildman–Crippen LogP) is 4.15. The molecule has 2 aromatic rings. The number of furan rings is 1. The Morgan fingerprint density at radius 3 is 2.32 bits per heavy atom. The third-order valence-corrected chi connectivity index (χ3v) is 8.85. The van der Waals surface area contributed by atoms with E-state index in [1.165, 1.54) is 18.4 Å². The minimum atomic E-state index is -2.72. The van der Waals surface area contributed by atoms with Crippen molar-refractivity contribution in [2.45, 2.75) is 43.8 Å². The van der Waals surface area contributed by atoms with E-state index in [9.17, 15) is 18.2 Å². The summed E-state index contributed by atoms with van der Waals surface area (Å²) in [4.78, 5) is 27.2. The first-order valence-corrected chi connectivity index (χ1v) is 12.6. The van der Waals surface area contributed by atoms with Crippen LogP contribution >= 0.6 is 0 Å². The summed E-state index contributed by atoms with van der Waals surface area (Å²) in [5, 5.41) is -0.227. The fourth-order valence-corrected chi connectivity index (χ4v) is 6.23. The number of likely N-dealkylation sites (tertiary alicyclic amines) is 1. The molecule has 1 aliphatic carbocycles. The number of carbonyl (C=O) groups is 2. The van der Waals surface area contributed by atoms with Crippen molar-refractivity contribution < 1.29 is 22.6 Å². The lowest BCUT2D eigenvalue weighted by Gasteiger charge is -2.35. The quantitative estimate of drug-likeness (QED) is 0.707. The zero-order valence-corrected chi connectivity index (χ0v) is 18.6. The average molecular weight is 447 g/mol. The van der Waals surface area contributed by atoms with Crippen LogP contribution in [0.1, 0.15) is 53.3 Å². The fraction of sp³-hybridized carbons (Fsp3) is 0.478. The van der Waals surface area contributed by atoms with Crippen LogP contribution in [0.15, 0.2) is 45.4 Å². The number of hydrogen-bond acceptors (Lipinski definition) is 4. The molecule has 1 saturated carbocycles. The Hall–Kier alpha value is -2.48. The van der Waals surface area contributed by atoms with Crippen LogP contribution in [0.5, 0.6) is 0 Å². The highest BCUT2D eigenvalue weighted by Crippen LogP contribution is 2.43. The van der Waals surface area contributed by atoms with Gasteiger partial charge in [0.05, 0.1) is 21.6 Å². The second kappa shape index (κ2) is 8.57. The normalized spacial score (nSPS) is 23.6.